The minimum absolute atomic E-state index is 0.196. The molecule has 0 aliphatic carbocycles. The van der Waals surface area contributed by atoms with E-state index >= 15 is 0 Å². The molecule has 0 spiro atoms. The third-order valence-electron chi connectivity index (χ3n) is 4.36. The van der Waals surface area contributed by atoms with Crippen molar-refractivity contribution in [2.45, 2.75) is 59.0 Å². The van der Waals surface area contributed by atoms with Crippen LogP contribution >= 0.6 is 0 Å². The molecule has 1 aliphatic heterocycles. The van der Waals surface area contributed by atoms with E-state index < -0.39 is 5.97 Å². The third kappa shape index (κ3) is 3.60. The molecule has 0 bridgehead atoms. The van der Waals surface area contributed by atoms with Crippen molar-refractivity contribution in [2.75, 3.05) is 6.54 Å². The highest BCUT2D eigenvalue weighted by Crippen LogP contribution is 2.25. The van der Waals surface area contributed by atoms with E-state index in [1.54, 1.807) is 0 Å². The Balaban J connectivity index is 2.16. The molecule has 1 aromatic carbocycles. The normalized spacial score (nSPS) is 20.1. The van der Waals surface area contributed by atoms with Crippen LogP contribution in [0.5, 0.6) is 0 Å². The first-order chi connectivity index (χ1) is 9.47. The predicted molar refractivity (Wildman–Crippen MR) is 81.0 cm³/mol. The van der Waals surface area contributed by atoms with Gasteiger partial charge in [-0.2, -0.15) is 0 Å². The maximum atomic E-state index is 11.0. The standard InChI is InChI=1S/C17H25NO2/c1-12-8-13(2)16(14(3)9-12)11-18-7-5-4-6-15(18)10-17(19)20/h8-9,15H,4-7,10-11H2,1-3H3,(H,19,20). The van der Waals surface area contributed by atoms with Crippen molar-refractivity contribution < 1.29 is 9.90 Å². The first kappa shape index (κ1) is 15.0. The van der Waals surface area contributed by atoms with E-state index in [2.05, 4.69) is 37.8 Å². The van der Waals surface area contributed by atoms with Crippen molar-refractivity contribution in [2.24, 2.45) is 0 Å². The maximum Gasteiger partial charge on any atom is 0.304 e. The largest absolute Gasteiger partial charge is 0.481 e. The van der Waals surface area contributed by atoms with Gasteiger partial charge in [-0.1, -0.05) is 24.1 Å². The van der Waals surface area contributed by atoms with Gasteiger partial charge in [0.1, 0.15) is 0 Å². The first-order valence-corrected chi connectivity index (χ1v) is 7.50. The lowest BCUT2D eigenvalue weighted by Gasteiger charge is -2.35. The first-order valence-electron chi connectivity index (χ1n) is 7.50. The second-order valence-corrected chi connectivity index (χ2v) is 6.10. The second kappa shape index (κ2) is 6.40. The van der Waals surface area contributed by atoms with Crippen LogP contribution in [0.2, 0.25) is 0 Å². The van der Waals surface area contributed by atoms with Crippen molar-refractivity contribution in [3.63, 3.8) is 0 Å². The Hall–Kier alpha value is -1.35. The number of aryl methyl sites for hydroxylation is 3. The van der Waals surface area contributed by atoms with Gasteiger partial charge in [-0.25, -0.2) is 0 Å². The Labute approximate surface area is 121 Å². The lowest BCUT2D eigenvalue weighted by Crippen LogP contribution is -2.40. The number of rotatable bonds is 4. The number of aliphatic carboxylic acids is 1. The molecule has 0 amide bonds. The number of benzene rings is 1. The highest BCUT2D eigenvalue weighted by atomic mass is 16.4. The lowest BCUT2D eigenvalue weighted by atomic mass is 9.95. The summed E-state index contributed by atoms with van der Waals surface area (Å²) in [6.45, 7) is 8.34. The van der Waals surface area contributed by atoms with Gasteiger partial charge >= 0.3 is 5.97 Å². The monoisotopic (exact) mass is 275 g/mol. The summed E-state index contributed by atoms with van der Waals surface area (Å²) in [7, 11) is 0. The summed E-state index contributed by atoms with van der Waals surface area (Å²) in [6, 6.07) is 4.64. The molecule has 1 aliphatic rings. The summed E-state index contributed by atoms with van der Waals surface area (Å²) in [5.41, 5.74) is 5.31. The Morgan fingerprint density at radius 3 is 2.50 bits per heavy atom. The van der Waals surface area contributed by atoms with E-state index in [4.69, 9.17) is 5.11 Å². The van der Waals surface area contributed by atoms with Crippen molar-refractivity contribution in [1.29, 1.82) is 0 Å². The number of carbonyl (C=O) groups is 1. The minimum Gasteiger partial charge on any atom is -0.481 e. The Kier molecular flexibility index (Phi) is 4.81. The number of hydrogen-bond donors (Lipinski definition) is 1. The second-order valence-electron chi connectivity index (χ2n) is 6.10. The third-order valence-corrected chi connectivity index (χ3v) is 4.36. The van der Waals surface area contributed by atoms with Crippen LogP contribution in [0.15, 0.2) is 12.1 Å². The van der Waals surface area contributed by atoms with Crippen molar-refractivity contribution in [3.8, 4) is 0 Å². The molecule has 3 heteroatoms. The number of carboxylic acid groups (broad SMARTS) is 1. The Morgan fingerprint density at radius 1 is 1.25 bits per heavy atom. The molecular weight excluding hydrogens is 250 g/mol. The van der Waals surface area contributed by atoms with Crippen molar-refractivity contribution in [3.05, 3.63) is 34.4 Å². The van der Waals surface area contributed by atoms with Crippen LogP contribution in [0.3, 0.4) is 0 Å². The maximum absolute atomic E-state index is 11.0. The molecule has 1 aromatic rings. The fourth-order valence-corrected chi connectivity index (χ4v) is 3.36. The molecule has 1 heterocycles. The molecule has 0 aromatic heterocycles. The van der Waals surface area contributed by atoms with Gasteiger partial charge in [-0.05, 0) is 56.8 Å². The van der Waals surface area contributed by atoms with E-state index in [0.717, 1.165) is 25.9 Å². The molecule has 110 valence electrons. The zero-order valence-electron chi connectivity index (χ0n) is 12.8. The van der Waals surface area contributed by atoms with Gasteiger partial charge in [0.15, 0.2) is 0 Å². The highest BCUT2D eigenvalue weighted by molar-refractivity contribution is 5.67. The zero-order valence-corrected chi connectivity index (χ0v) is 12.8. The van der Waals surface area contributed by atoms with Gasteiger partial charge in [0.2, 0.25) is 0 Å². The number of hydrogen-bond acceptors (Lipinski definition) is 2. The van der Waals surface area contributed by atoms with Crippen LogP contribution in [0.25, 0.3) is 0 Å². The average Bonchev–Trinajstić information content (AvgIpc) is 2.34. The van der Waals surface area contributed by atoms with E-state index in [-0.39, 0.29) is 12.5 Å². The van der Waals surface area contributed by atoms with E-state index in [0.29, 0.717) is 0 Å². The van der Waals surface area contributed by atoms with Crippen LogP contribution in [0.1, 0.15) is 47.9 Å². The van der Waals surface area contributed by atoms with E-state index in [9.17, 15) is 4.79 Å². The molecule has 20 heavy (non-hydrogen) atoms. The van der Waals surface area contributed by atoms with Gasteiger partial charge in [0.05, 0.1) is 6.42 Å². The Morgan fingerprint density at radius 2 is 1.90 bits per heavy atom. The van der Waals surface area contributed by atoms with Gasteiger partial charge in [0, 0.05) is 12.6 Å². The fraction of sp³-hybridized carbons (Fsp3) is 0.588. The molecule has 0 saturated carbocycles. The molecule has 1 N–H and O–H groups in total. The van der Waals surface area contributed by atoms with Gasteiger partial charge in [0.25, 0.3) is 0 Å². The van der Waals surface area contributed by atoms with Crippen molar-refractivity contribution in [1.82, 2.24) is 4.90 Å². The molecule has 1 fully saturated rings. The summed E-state index contributed by atoms with van der Waals surface area (Å²) in [5.74, 6) is -0.681. The highest BCUT2D eigenvalue weighted by Gasteiger charge is 2.25. The molecule has 1 atom stereocenters. The lowest BCUT2D eigenvalue weighted by molar-refractivity contribution is -0.138. The van der Waals surface area contributed by atoms with Crippen LogP contribution in [-0.4, -0.2) is 28.6 Å². The van der Waals surface area contributed by atoms with Crippen LogP contribution in [0, 0.1) is 20.8 Å². The van der Waals surface area contributed by atoms with E-state index in [1.807, 2.05) is 0 Å². The SMILES string of the molecule is Cc1cc(C)c(CN2CCCCC2CC(=O)O)c(C)c1. The summed E-state index contributed by atoms with van der Waals surface area (Å²) in [6.07, 6.45) is 3.61. The fourth-order valence-electron chi connectivity index (χ4n) is 3.36. The summed E-state index contributed by atoms with van der Waals surface area (Å²) in [5, 5.41) is 9.07. The van der Waals surface area contributed by atoms with E-state index in [1.165, 1.54) is 28.7 Å². The number of piperidine rings is 1. The number of carboxylic acids is 1. The number of nitrogens with zero attached hydrogens (tertiary/aromatic N) is 1. The molecule has 3 nitrogen and oxygen atoms in total. The van der Waals surface area contributed by atoms with Crippen molar-refractivity contribution >= 4 is 5.97 Å². The molecule has 1 unspecified atom stereocenters. The molecule has 1 saturated heterocycles. The predicted octanol–water partition coefficient (Wildman–Crippen LogP) is 3.44. The zero-order chi connectivity index (χ0) is 14.7. The number of likely N-dealkylation sites (tertiary alicyclic amines) is 1. The summed E-state index contributed by atoms with van der Waals surface area (Å²) < 4.78 is 0. The smallest absolute Gasteiger partial charge is 0.304 e. The Bertz CT molecular complexity index is 473. The van der Waals surface area contributed by atoms with Gasteiger partial charge in [-0.15, -0.1) is 0 Å². The molecular formula is C17H25NO2. The minimum atomic E-state index is -0.681. The summed E-state index contributed by atoms with van der Waals surface area (Å²) in [4.78, 5) is 13.4. The summed E-state index contributed by atoms with van der Waals surface area (Å²) >= 11 is 0. The van der Waals surface area contributed by atoms with Crippen LogP contribution in [0.4, 0.5) is 0 Å². The quantitative estimate of drug-likeness (QED) is 0.915. The topological polar surface area (TPSA) is 40.5 Å². The van der Waals surface area contributed by atoms with Crippen LogP contribution in [-0.2, 0) is 11.3 Å². The average molecular weight is 275 g/mol. The van der Waals surface area contributed by atoms with Gasteiger partial charge in [-0.3, -0.25) is 9.69 Å². The van der Waals surface area contributed by atoms with Crippen LogP contribution < -0.4 is 0 Å². The molecule has 0 radical (unpaired) electrons. The van der Waals surface area contributed by atoms with Gasteiger partial charge < -0.3 is 5.11 Å². The molecule has 2 rings (SSSR count).